The van der Waals surface area contributed by atoms with Crippen LogP contribution in [-0.4, -0.2) is 23.4 Å². The number of hydrogen-bond acceptors (Lipinski definition) is 4. The zero-order valence-electron chi connectivity index (χ0n) is 19.1. The molecule has 0 amide bonds. The fourth-order valence-corrected chi connectivity index (χ4v) is 4.48. The first-order valence-electron chi connectivity index (χ1n) is 10.5. The van der Waals surface area contributed by atoms with Crippen LogP contribution in [0.4, 0.5) is 5.69 Å². The lowest BCUT2D eigenvalue weighted by atomic mass is 10.0. The van der Waals surface area contributed by atoms with Gasteiger partial charge in [-0.3, -0.25) is 9.13 Å². The van der Waals surface area contributed by atoms with Crippen molar-refractivity contribution in [1.29, 1.82) is 0 Å². The van der Waals surface area contributed by atoms with Crippen molar-refractivity contribution in [2.24, 2.45) is 12.0 Å². The fraction of sp³-hybridized carbons (Fsp3) is 0.360. The van der Waals surface area contributed by atoms with Crippen LogP contribution in [0, 0.1) is 20.8 Å². The van der Waals surface area contributed by atoms with Crippen LogP contribution in [0.15, 0.2) is 40.1 Å². The zero-order valence-corrected chi connectivity index (χ0v) is 19.1. The van der Waals surface area contributed by atoms with Gasteiger partial charge in [0.05, 0.1) is 25.6 Å². The fourth-order valence-electron chi connectivity index (χ4n) is 4.48. The summed E-state index contributed by atoms with van der Waals surface area (Å²) < 4.78 is 14.5. The molecule has 0 radical (unpaired) electrons. The van der Waals surface area contributed by atoms with E-state index in [0.717, 1.165) is 46.5 Å². The first-order valence-corrected chi connectivity index (χ1v) is 10.5. The Bertz CT molecular complexity index is 1280. The summed E-state index contributed by atoms with van der Waals surface area (Å²) >= 11 is 0. The summed E-state index contributed by atoms with van der Waals surface area (Å²) in [6.45, 7) is 6.85. The molecule has 0 atom stereocenters. The Labute approximate surface area is 182 Å². The van der Waals surface area contributed by atoms with Crippen molar-refractivity contribution in [1.82, 2.24) is 9.13 Å². The maximum Gasteiger partial charge on any atom is 0.329 e. The third-order valence-corrected chi connectivity index (χ3v) is 5.99. The number of rotatable bonds is 3. The van der Waals surface area contributed by atoms with E-state index in [1.807, 2.05) is 22.8 Å². The van der Waals surface area contributed by atoms with Crippen molar-refractivity contribution in [3.63, 3.8) is 0 Å². The molecule has 31 heavy (non-hydrogen) atoms. The first kappa shape index (κ1) is 21.0. The highest BCUT2D eigenvalue weighted by Crippen LogP contribution is 2.37. The molecule has 0 N–H and O–H groups in total. The van der Waals surface area contributed by atoms with E-state index in [0.29, 0.717) is 23.5 Å². The third-order valence-electron chi connectivity index (χ3n) is 5.99. The van der Waals surface area contributed by atoms with Crippen LogP contribution in [0.25, 0.3) is 11.3 Å². The Kier molecular flexibility index (Phi) is 5.48. The van der Waals surface area contributed by atoms with Crippen LogP contribution in [0.3, 0.4) is 0 Å². The highest BCUT2D eigenvalue weighted by Gasteiger charge is 2.20. The Morgan fingerprint density at radius 1 is 0.935 bits per heavy atom. The van der Waals surface area contributed by atoms with E-state index in [-0.39, 0.29) is 5.69 Å². The molecule has 0 bridgehead atoms. The molecular formula is C25H29N3O3. The number of fused-ring (bicyclic) bond motifs is 3. The second-order valence-electron chi connectivity index (χ2n) is 8.21. The summed E-state index contributed by atoms with van der Waals surface area (Å²) in [7, 11) is 5.05. The maximum atomic E-state index is 13.3. The van der Waals surface area contributed by atoms with E-state index in [4.69, 9.17) is 14.5 Å². The second kappa shape index (κ2) is 8.10. The van der Waals surface area contributed by atoms with Crippen molar-refractivity contribution >= 4 is 5.69 Å². The van der Waals surface area contributed by atoms with Crippen LogP contribution in [0.2, 0.25) is 0 Å². The number of methoxy groups -OCH3 is 2. The lowest BCUT2D eigenvalue weighted by Crippen LogP contribution is -2.38. The lowest BCUT2D eigenvalue weighted by Gasteiger charge is -2.16. The number of nitrogens with zero attached hydrogens (tertiary/aromatic N) is 3. The van der Waals surface area contributed by atoms with Crippen LogP contribution in [0.1, 0.15) is 28.7 Å². The third kappa shape index (κ3) is 3.67. The molecule has 6 nitrogen and oxygen atoms in total. The summed E-state index contributed by atoms with van der Waals surface area (Å²) in [6, 6.07) is 10.2. The minimum Gasteiger partial charge on any atom is -0.493 e. The van der Waals surface area contributed by atoms with E-state index >= 15 is 0 Å². The molecule has 6 heteroatoms. The molecule has 0 spiro atoms. The van der Waals surface area contributed by atoms with Gasteiger partial charge in [0.1, 0.15) is 5.49 Å². The molecule has 0 aliphatic carbocycles. The molecule has 0 fully saturated rings. The second-order valence-corrected chi connectivity index (χ2v) is 8.21. The van der Waals surface area contributed by atoms with Gasteiger partial charge in [0.25, 0.3) is 0 Å². The predicted molar refractivity (Wildman–Crippen MR) is 122 cm³/mol. The Morgan fingerprint density at radius 2 is 1.58 bits per heavy atom. The molecule has 0 unspecified atom stereocenters. The van der Waals surface area contributed by atoms with Crippen molar-refractivity contribution in [3.05, 3.63) is 68.6 Å². The summed E-state index contributed by atoms with van der Waals surface area (Å²) in [5, 5.41) is 0. The highest BCUT2D eigenvalue weighted by molar-refractivity contribution is 5.69. The van der Waals surface area contributed by atoms with Gasteiger partial charge in [-0.1, -0.05) is 17.7 Å². The molecule has 1 aromatic heterocycles. The monoisotopic (exact) mass is 419 g/mol. The number of benzene rings is 2. The Morgan fingerprint density at radius 3 is 2.23 bits per heavy atom. The van der Waals surface area contributed by atoms with E-state index in [1.54, 1.807) is 25.8 Å². The molecule has 162 valence electrons. The van der Waals surface area contributed by atoms with Gasteiger partial charge < -0.3 is 9.47 Å². The number of aromatic nitrogens is 2. The van der Waals surface area contributed by atoms with E-state index < -0.39 is 0 Å². The smallest absolute Gasteiger partial charge is 0.329 e. The zero-order chi connectivity index (χ0) is 22.3. The van der Waals surface area contributed by atoms with E-state index in [2.05, 4.69) is 32.9 Å². The molecule has 0 saturated carbocycles. The van der Waals surface area contributed by atoms with E-state index in [9.17, 15) is 4.79 Å². The number of ether oxygens (including phenoxy) is 2. The van der Waals surface area contributed by atoms with Crippen molar-refractivity contribution in [3.8, 4) is 22.8 Å². The van der Waals surface area contributed by atoms with Gasteiger partial charge >= 0.3 is 5.69 Å². The quantitative estimate of drug-likeness (QED) is 0.645. The first-order chi connectivity index (χ1) is 14.8. The SMILES string of the molecule is COc1cc2c(cc1OC)-c1cc(=Nc3c(C)cc(C)cc3C)n(C)c(=O)n1CCC2. The van der Waals surface area contributed by atoms with Gasteiger partial charge in [-0.2, -0.15) is 0 Å². The van der Waals surface area contributed by atoms with Gasteiger partial charge in [0.15, 0.2) is 11.5 Å². The largest absolute Gasteiger partial charge is 0.493 e. The van der Waals surface area contributed by atoms with Crippen molar-refractivity contribution < 1.29 is 9.47 Å². The van der Waals surface area contributed by atoms with Gasteiger partial charge in [0.2, 0.25) is 0 Å². The summed E-state index contributed by atoms with van der Waals surface area (Å²) in [5.74, 6) is 1.36. The normalized spacial score (nSPS) is 13.4. The molecule has 1 aliphatic heterocycles. The Hall–Kier alpha value is -3.28. The maximum absolute atomic E-state index is 13.3. The average Bonchev–Trinajstić information content (AvgIpc) is 2.91. The van der Waals surface area contributed by atoms with Crippen molar-refractivity contribution in [2.45, 2.75) is 40.2 Å². The number of aryl methyl sites for hydroxylation is 4. The van der Waals surface area contributed by atoms with Gasteiger partial charge in [-0.25, -0.2) is 9.79 Å². The van der Waals surface area contributed by atoms with Crippen LogP contribution in [-0.2, 0) is 20.0 Å². The minimum atomic E-state index is -0.0682. The van der Waals surface area contributed by atoms with Crippen molar-refractivity contribution in [2.75, 3.05) is 14.2 Å². The molecule has 4 rings (SSSR count). The Balaban J connectivity index is 2.03. The molecule has 2 aromatic carbocycles. The average molecular weight is 420 g/mol. The van der Waals surface area contributed by atoms with Gasteiger partial charge in [-0.15, -0.1) is 0 Å². The summed E-state index contributed by atoms with van der Waals surface area (Å²) in [5.41, 5.74) is 7.86. The molecular weight excluding hydrogens is 390 g/mol. The number of hydrogen-bond donors (Lipinski definition) is 0. The van der Waals surface area contributed by atoms with Gasteiger partial charge in [0, 0.05) is 25.2 Å². The molecule has 1 aliphatic rings. The van der Waals surface area contributed by atoms with Gasteiger partial charge in [-0.05, 0) is 62.4 Å². The molecule has 2 heterocycles. The lowest BCUT2D eigenvalue weighted by molar-refractivity contribution is 0.354. The summed E-state index contributed by atoms with van der Waals surface area (Å²) in [6.07, 6.45) is 1.74. The minimum absolute atomic E-state index is 0.0682. The summed E-state index contributed by atoms with van der Waals surface area (Å²) in [4.78, 5) is 18.2. The van der Waals surface area contributed by atoms with Crippen LogP contribution >= 0.6 is 0 Å². The van der Waals surface area contributed by atoms with E-state index in [1.165, 1.54) is 5.56 Å². The highest BCUT2D eigenvalue weighted by atomic mass is 16.5. The molecule has 0 saturated heterocycles. The molecule has 3 aromatic rings. The standard InChI is InChI=1S/C25H29N3O3/c1-15-10-16(2)24(17(3)11-15)26-23-14-20-19-13-22(31-6)21(30-5)12-18(19)8-7-9-28(20)25(29)27(23)4/h10-14H,7-9H2,1-6H3. The predicted octanol–water partition coefficient (Wildman–Crippen LogP) is 3.97. The van der Waals surface area contributed by atoms with Crippen LogP contribution < -0.4 is 20.7 Å². The topological polar surface area (TPSA) is 57.8 Å². The van der Waals surface area contributed by atoms with Crippen LogP contribution in [0.5, 0.6) is 11.5 Å².